The fourth-order valence-corrected chi connectivity index (χ4v) is 3.46. The van der Waals surface area contributed by atoms with Crippen molar-refractivity contribution in [2.75, 3.05) is 42.3 Å². The highest BCUT2D eigenvalue weighted by Gasteiger charge is 2.28. The van der Waals surface area contributed by atoms with E-state index in [4.69, 9.17) is 9.47 Å². The molecule has 1 saturated carbocycles. The Hall–Kier alpha value is -3.70. The molecule has 12 heteroatoms. The molecule has 2 aliphatic rings. The Balaban J connectivity index is 1.33. The van der Waals surface area contributed by atoms with E-state index in [-0.39, 0.29) is 18.2 Å². The minimum atomic E-state index is -0.507. The number of rotatable bonds is 7. The molecular formula is C21H28N8O4. The van der Waals surface area contributed by atoms with E-state index in [1.54, 1.807) is 24.2 Å². The van der Waals surface area contributed by atoms with Crippen LogP contribution in [0.1, 0.15) is 32.6 Å². The van der Waals surface area contributed by atoms with Crippen LogP contribution in [0, 0.1) is 0 Å². The van der Waals surface area contributed by atoms with E-state index in [9.17, 15) is 9.59 Å². The number of ether oxygens (including phenoxy) is 2. The molecule has 1 atom stereocenters. The van der Waals surface area contributed by atoms with Crippen LogP contribution >= 0.6 is 0 Å². The van der Waals surface area contributed by atoms with Crippen molar-refractivity contribution in [3.05, 3.63) is 24.7 Å². The molecular weight excluding hydrogens is 428 g/mol. The lowest BCUT2D eigenvalue weighted by Crippen LogP contribution is -2.50. The van der Waals surface area contributed by atoms with Crippen LogP contribution in [0.5, 0.6) is 5.88 Å². The minimum absolute atomic E-state index is 0.0180. The molecule has 12 nitrogen and oxygen atoms in total. The molecule has 3 heterocycles. The summed E-state index contributed by atoms with van der Waals surface area (Å²) in [4.78, 5) is 45.4. The van der Waals surface area contributed by atoms with Crippen molar-refractivity contribution in [1.29, 1.82) is 0 Å². The molecule has 2 aromatic heterocycles. The number of urea groups is 1. The second-order valence-electron chi connectivity index (χ2n) is 7.93. The van der Waals surface area contributed by atoms with Gasteiger partial charge in [0.2, 0.25) is 11.8 Å². The lowest BCUT2D eigenvalue weighted by molar-refractivity contribution is 0.154. The Bertz CT molecular complexity index is 969. The lowest BCUT2D eigenvalue weighted by Gasteiger charge is -2.37. The molecule has 176 valence electrons. The SMILES string of the molecule is CCOc1cnc(NC(=O)N(C)[C@@H]2CCCN(c3nccc(NC(=O)OC4CC4)n3)C2)cn1. The van der Waals surface area contributed by atoms with Crippen LogP contribution in [0.2, 0.25) is 0 Å². The van der Waals surface area contributed by atoms with Gasteiger partial charge >= 0.3 is 12.1 Å². The molecule has 1 aliphatic carbocycles. The second kappa shape index (κ2) is 10.3. The number of piperidine rings is 1. The highest BCUT2D eigenvalue weighted by molar-refractivity contribution is 5.88. The molecule has 2 N–H and O–H groups in total. The standard InChI is InChI=1S/C21H28N8O4/c1-3-32-18-12-23-17(11-24-18)26-20(30)28(2)14-5-4-10-29(13-14)19-22-9-8-16(25-19)27-21(31)33-15-6-7-15/h8-9,11-12,14-15H,3-7,10,13H2,1-2H3,(H,23,26,30)(H,22,25,27,31)/t14-/m1/s1. The first-order valence-electron chi connectivity index (χ1n) is 11.1. The number of anilines is 3. The van der Waals surface area contributed by atoms with E-state index in [2.05, 4.69) is 30.6 Å². The Morgan fingerprint density at radius 1 is 1.15 bits per heavy atom. The van der Waals surface area contributed by atoms with E-state index in [0.29, 0.717) is 36.6 Å². The van der Waals surface area contributed by atoms with Gasteiger partial charge in [0.25, 0.3) is 0 Å². The molecule has 1 aliphatic heterocycles. The highest BCUT2D eigenvalue weighted by Crippen LogP contribution is 2.24. The number of hydrogen-bond donors (Lipinski definition) is 2. The zero-order valence-corrected chi connectivity index (χ0v) is 18.7. The van der Waals surface area contributed by atoms with Crippen LogP contribution in [0.3, 0.4) is 0 Å². The summed E-state index contributed by atoms with van der Waals surface area (Å²) in [5, 5.41) is 5.41. The number of nitrogens with zero attached hydrogens (tertiary/aromatic N) is 6. The number of aromatic nitrogens is 4. The molecule has 0 radical (unpaired) electrons. The van der Waals surface area contributed by atoms with Gasteiger partial charge in [0.1, 0.15) is 11.9 Å². The molecule has 1 saturated heterocycles. The van der Waals surface area contributed by atoms with Gasteiger partial charge in [-0.25, -0.2) is 24.5 Å². The van der Waals surface area contributed by atoms with Gasteiger partial charge in [0.15, 0.2) is 5.82 Å². The number of carbonyl (C=O) groups excluding carboxylic acids is 2. The van der Waals surface area contributed by atoms with E-state index >= 15 is 0 Å². The smallest absolute Gasteiger partial charge is 0.413 e. The van der Waals surface area contributed by atoms with Crippen molar-refractivity contribution >= 4 is 29.7 Å². The van der Waals surface area contributed by atoms with Gasteiger partial charge in [0, 0.05) is 26.3 Å². The second-order valence-corrected chi connectivity index (χ2v) is 7.93. The number of likely N-dealkylation sites (N-methyl/N-ethyl adjacent to an activating group) is 1. The number of carbonyl (C=O) groups is 2. The maximum atomic E-state index is 12.7. The Labute approximate surface area is 191 Å². The fourth-order valence-electron chi connectivity index (χ4n) is 3.46. The Morgan fingerprint density at radius 3 is 2.73 bits per heavy atom. The van der Waals surface area contributed by atoms with Crippen LogP contribution in [0.15, 0.2) is 24.7 Å². The summed E-state index contributed by atoms with van der Waals surface area (Å²) in [5.74, 6) is 1.63. The van der Waals surface area contributed by atoms with Crippen LogP contribution in [0.25, 0.3) is 0 Å². The van der Waals surface area contributed by atoms with Gasteiger partial charge in [-0.15, -0.1) is 0 Å². The molecule has 2 aromatic rings. The Morgan fingerprint density at radius 2 is 2.00 bits per heavy atom. The van der Waals surface area contributed by atoms with Gasteiger partial charge in [-0.3, -0.25) is 10.6 Å². The summed E-state index contributed by atoms with van der Waals surface area (Å²) in [5.41, 5.74) is 0. The molecule has 0 aromatic carbocycles. The molecule has 0 bridgehead atoms. The van der Waals surface area contributed by atoms with Gasteiger partial charge < -0.3 is 19.3 Å². The van der Waals surface area contributed by atoms with Crippen LogP contribution in [0.4, 0.5) is 27.2 Å². The van der Waals surface area contributed by atoms with E-state index in [0.717, 1.165) is 32.2 Å². The van der Waals surface area contributed by atoms with Crippen molar-refractivity contribution < 1.29 is 19.1 Å². The first-order chi connectivity index (χ1) is 16.0. The first kappa shape index (κ1) is 22.5. The van der Waals surface area contributed by atoms with Crippen molar-refractivity contribution in [3.8, 4) is 5.88 Å². The average molecular weight is 457 g/mol. The van der Waals surface area contributed by atoms with Gasteiger partial charge in [-0.1, -0.05) is 0 Å². The van der Waals surface area contributed by atoms with Gasteiger partial charge in [0.05, 0.1) is 25.0 Å². The third kappa shape index (κ3) is 6.18. The molecule has 0 spiro atoms. The normalized spacial score (nSPS) is 17.8. The Kier molecular flexibility index (Phi) is 7.01. The maximum absolute atomic E-state index is 12.7. The van der Waals surface area contributed by atoms with E-state index in [1.165, 1.54) is 12.4 Å². The van der Waals surface area contributed by atoms with Crippen molar-refractivity contribution in [2.24, 2.45) is 0 Å². The third-order valence-electron chi connectivity index (χ3n) is 5.37. The lowest BCUT2D eigenvalue weighted by atomic mass is 10.1. The number of amides is 3. The third-order valence-corrected chi connectivity index (χ3v) is 5.37. The summed E-state index contributed by atoms with van der Waals surface area (Å²) >= 11 is 0. The predicted molar refractivity (Wildman–Crippen MR) is 120 cm³/mol. The monoisotopic (exact) mass is 456 g/mol. The zero-order chi connectivity index (χ0) is 23.2. The van der Waals surface area contributed by atoms with Crippen molar-refractivity contribution in [2.45, 2.75) is 44.8 Å². The molecule has 0 unspecified atom stereocenters. The van der Waals surface area contributed by atoms with Gasteiger partial charge in [-0.2, -0.15) is 4.98 Å². The molecule has 4 rings (SSSR count). The largest absolute Gasteiger partial charge is 0.477 e. The van der Waals surface area contributed by atoms with Crippen LogP contribution < -0.4 is 20.3 Å². The van der Waals surface area contributed by atoms with Gasteiger partial charge in [-0.05, 0) is 38.7 Å². The number of hydrogen-bond acceptors (Lipinski definition) is 9. The average Bonchev–Trinajstić information content (AvgIpc) is 3.64. The molecule has 3 amide bonds. The van der Waals surface area contributed by atoms with Crippen LogP contribution in [-0.2, 0) is 4.74 Å². The predicted octanol–water partition coefficient (Wildman–Crippen LogP) is 2.51. The highest BCUT2D eigenvalue weighted by atomic mass is 16.6. The van der Waals surface area contributed by atoms with Crippen LogP contribution in [-0.4, -0.2) is 75.9 Å². The minimum Gasteiger partial charge on any atom is -0.477 e. The topological polar surface area (TPSA) is 135 Å². The summed E-state index contributed by atoms with van der Waals surface area (Å²) in [6.07, 6.45) is 7.58. The quantitative estimate of drug-likeness (QED) is 0.644. The number of nitrogens with one attached hydrogen (secondary N) is 2. The molecule has 33 heavy (non-hydrogen) atoms. The van der Waals surface area contributed by atoms with Crippen molar-refractivity contribution in [3.63, 3.8) is 0 Å². The summed E-state index contributed by atoms with van der Waals surface area (Å²) < 4.78 is 10.5. The van der Waals surface area contributed by atoms with E-state index in [1.807, 2.05) is 11.8 Å². The summed E-state index contributed by atoms with van der Waals surface area (Å²) in [7, 11) is 1.75. The fraction of sp³-hybridized carbons (Fsp3) is 0.524. The molecule has 2 fully saturated rings. The summed E-state index contributed by atoms with van der Waals surface area (Å²) in [6.45, 7) is 3.68. The summed E-state index contributed by atoms with van der Waals surface area (Å²) in [6, 6.07) is 1.30. The van der Waals surface area contributed by atoms with Crippen molar-refractivity contribution in [1.82, 2.24) is 24.8 Å². The maximum Gasteiger partial charge on any atom is 0.413 e. The zero-order valence-electron chi connectivity index (χ0n) is 18.7. The van der Waals surface area contributed by atoms with E-state index < -0.39 is 6.09 Å². The first-order valence-corrected chi connectivity index (χ1v) is 11.1.